The zero-order chi connectivity index (χ0) is 14.4. The Morgan fingerprint density at radius 1 is 1.20 bits per heavy atom. The van der Waals surface area contributed by atoms with E-state index >= 15 is 0 Å². The molecule has 0 amide bonds. The second-order valence-corrected chi connectivity index (χ2v) is 5.13. The first-order valence-electron chi connectivity index (χ1n) is 6.00. The second-order valence-electron chi connectivity index (χ2n) is 3.96. The number of ether oxygens (including phenoxy) is 1. The molecule has 0 aliphatic carbocycles. The highest BCUT2D eigenvalue weighted by molar-refractivity contribution is 7.99. The van der Waals surface area contributed by atoms with Crippen molar-refractivity contribution in [1.82, 2.24) is 0 Å². The fraction of sp³-hybridized carbons (Fsp3) is 0.133. The Balaban J connectivity index is 1.83. The average Bonchev–Trinajstić information content (AvgIpc) is 2.45. The molecule has 0 saturated heterocycles. The van der Waals surface area contributed by atoms with E-state index in [9.17, 15) is 9.18 Å². The molecule has 1 N–H and O–H groups in total. The first-order valence-corrected chi connectivity index (χ1v) is 6.99. The Morgan fingerprint density at radius 3 is 2.75 bits per heavy atom. The van der Waals surface area contributed by atoms with Gasteiger partial charge in [-0.1, -0.05) is 18.2 Å². The van der Waals surface area contributed by atoms with Crippen molar-refractivity contribution in [2.45, 2.75) is 4.90 Å². The van der Waals surface area contributed by atoms with Crippen molar-refractivity contribution < 1.29 is 19.0 Å². The SMILES string of the molecule is O=C(O)c1cccc(SCCOc2ccccc2F)c1. The van der Waals surface area contributed by atoms with E-state index in [-0.39, 0.29) is 17.1 Å². The van der Waals surface area contributed by atoms with Gasteiger partial charge < -0.3 is 9.84 Å². The minimum Gasteiger partial charge on any atom is -0.490 e. The number of carbonyl (C=O) groups is 1. The summed E-state index contributed by atoms with van der Waals surface area (Å²) in [4.78, 5) is 11.7. The number of carboxylic acids is 1. The first kappa shape index (κ1) is 14.4. The van der Waals surface area contributed by atoms with E-state index in [0.29, 0.717) is 12.4 Å². The van der Waals surface area contributed by atoms with E-state index in [4.69, 9.17) is 9.84 Å². The average molecular weight is 292 g/mol. The number of rotatable bonds is 6. The van der Waals surface area contributed by atoms with Gasteiger partial charge in [0.2, 0.25) is 0 Å². The van der Waals surface area contributed by atoms with Crippen LogP contribution in [0.15, 0.2) is 53.4 Å². The molecule has 0 spiro atoms. The lowest BCUT2D eigenvalue weighted by Gasteiger charge is -2.07. The van der Waals surface area contributed by atoms with Crippen molar-refractivity contribution in [3.8, 4) is 5.75 Å². The summed E-state index contributed by atoms with van der Waals surface area (Å²) in [5.74, 6) is -0.495. The van der Waals surface area contributed by atoms with Crippen molar-refractivity contribution >= 4 is 17.7 Å². The van der Waals surface area contributed by atoms with Gasteiger partial charge in [-0.2, -0.15) is 0 Å². The summed E-state index contributed by atoms with van der Waals surface area (Å²) in [5, 5.41) is 8.88. The van der Waals surface area contributed by atoms with Crippen LogP contribution in [0.2, 0.25) is 0 Å². The molecule has 2 aromatic rings. The number of para-hydroxylation sites is 1. The molecule has 0 aromatic heterocycles. The number of halogens is 1. The van der Waals surface area contributed by atoms with Gasteiger partial charge >= 0.3 is 5.97 Å². The molecular formula is C15H13FO3S. The highest BCUT2D eigenvalue weighted by Gasteiger charge is 2.04. The third kappa shape index (κ3) is 3.99. The summed E-state index contributed by atoms with van der Waals surface area (Å²) in [7, 11) is 0. The van der Waals surface area contributed by atoms with E-state index in [0.717, 1.165) is 4.90 Å². The maximum Gasteiger partial charge on any atom is 0.335 e. The third-order valence-corrected chi connectivity index (χ3v) is 3.49. The van der Waals surface area contributed by atoms with Gasteiger partial charge in [-0.3, -0.25) is 0 Å². The summed E-state index contributed by atoms with van der Waals surface area (Å²) in [6.45, 7) is 0.350. The maximum atomic E-state index is 13.3. The van der Waals surface area contributed by atoms with Gasteiger partial charge in [0, 0.05) is 10.6 Å². The lowest BCUT2D eigenvalue weighted by molar-refractivity contribution is 0.0696. The molecule has 0 unspecified atom stereocenters. The van der Waals surface area contributed by atoms with E-state index < -0.39 is 5.97 Å². The molecule has 0 aliphatic heterocycles. The highest BCUT2D eigenvalue weighted by atomic mass is 32.2. The Hall–Kier alpha value is -2.01. The van der Waals surface area contributed by atoms with Crippen molar-refractivity contribution in [3.63, 3.8) is 0 Å². The highest BCUT2D eigenvalue weighted by Crippen LogP contribution is 2.20. The van der Waals surface area contributed by atoms with Crippen LogP contribution in [-0.2, 0) is 0 Å². The summed E-state index contributed by atoms with van der Waals surface area (Å²) in [6, 6.07) is 12.9. The number of benzene rings is 2. The Morgan fingerprint density at radius 2 is 2.00 bits per heavy atom. The molecule has 5 heteroatoms. The van der Waals surface area contributed by atoms with Gasteiger partial charge in [0.1, 0.15) is 0 Å². The lowest BCUT2D eigenvalue weighted by Crippen LogP contribution is -2.02. The Bertz CT molecular complexity index is 601. The number of hydrogen-bond acceptors (Lipinski definition) is 3. The predicted molar refractivity (Wildman–Crippen MR) is 76.0 cm³/mol. The topological polar surface area (TPSA) is 46.5 Å². The number of carboxylic acid groups (broad SMARTS) is 1. The summed E-state index contributed by atoms with van der Waals surface area (Å²) >= 11 is 1.47. The minimum atomic E-state index is -0.949. The van der Waals surface area contributed by atoms with Crippen LogP contribution in [-0.4, -0.2) is 23.4 Å². The van der Waals surface area contributed by atoms with E-state index in [1.165, 1.54) is 17.8 Å². The van der Waals surface area contributed by atoms with Crippen LogP contribution in [0, 0.1) is 5.82 Å². The Kier molecular flexibility index (Phi) is 5.01. The standard InChI is InChI=1S/C15H13FO3S/c16-13-6-1-2-7-14(13)19-8-9-20-12-5-3-4-11(10-12)15(17)18/h1-7,10H,8-9H2,(H,17,18). The Labute approximate surface area is 120 Å². The van der Waals surface area contributed by atoms with Gasteiger partial charge in [0.25, 0.3) is 0 Å². The first-order chi connectivity index (χ1) is 9.66. The van der Waals surface area contributed by atoms with Gasteiger partial charge in [-0.25, -0.2) is 9.18 Å². The number of hydrogen-bond donors (Lipinski definition) is 1. The summed E-state index contributed by atoms with van der Waals surface area (Å²) in [5.41, 5.74) is 0.255. The quantitative estimate of drug-likeness (QED) is 0.651. The zero-order valence-electron chi connectivity index (χ0n) is 10.6. The van der Waals surface area contributed by atoms with Gasteiger partial charge in [0.05, 0.1) is 12.2 Å². The van der Waals surface area contributed by atoms with Crippen molar-refractivity contribution in [2.75, 3.05) is 12.4 Å². The fourth-order valence-corrected chi connectivity index (χ4v) is 2.38. The van der Waals surface area contributed by atoms with Crippen molar-refractivity contribution in [2.24, 2.45) is 0 Å². The summed E-state index contributed by atoms with van der Waals surface area (Å²) < 4.78 is 18.6. The van der Waals surface area contributed by atoms with Gasteiger partial charge in [0.15, 0.2) is 11.6 Å². The van der Waals surface area contributed by atoms with E-state index in [1.807, 2.05) is 6.07 Å². The third-order valence-electron chi connectivity index (χ3n) is 2.53. The minimum absolute atomic E-state index is 0.229. The molecule has 0 aliphatic rings. The van der Waals surface area contributed by atoms with Crippen LogP contribution < -0.4 is 4.74 Å². The van der Waals surface area contributed by atoms with Crippen LogP contribution in [0.1, 0.15) is 10.4 Å². The van der Waals surface area contributed by atoms with Crippen LogP contribution in [0.3, 0.4) is 0 Å². The molecule has 0 radical (unpaired) electrons. The molecule has 2 aromatic carbocycles. The maximum absolute atomic E-state index is 13.3. The molecule has 2 rings (SSSR count). The molecule has 0 heterocycles. The molecule has 3 nitrogen and oxygen atoms in total. The molecule has 0 fully saturated rings. The fourth-order valence-electron chi connectivity index (χ4n) is 1.59. The van der Waals surface area contributed by atoms with Gasteiger partial charge in [-0.15, -0.1) is 11.8 Å². The van der Waals surface area contributed by atoms with Crippen LogP contribution in [0.5, 0.6) is 5.75 Å². The summed E-state index contributed by atoms with van der Waals surface area (Å²) in [6.07, 6.45) is 0. The smallest absolute Gasteiger partial charge is 0.335 e. The monoisotopic (exact) mass is 292 g/mol. The normalized spacial score (nSPS) is 10.2. The number of thioether (sulfide) groups is 1. The number of aromatic carboxylic acids is 1. The van der Waals surface area contributed by atoms with Crippen LogP contribution in [0.4, 0.5) is 4.39 Å². The molecular weight excluding hydrogens is 279 g/mol. The molecule has 0 bridgehead atoms. The largest absolute Gasteiger partial charge is 0.490 e. The van der Waals surface area contributed by atoms with E-state index in [1.54, 1.807) is 36.4 Å². The lowest BCUT2D eigenvalue weighted by atomic mass is 10.2. The van der Waals surface area contributed by atoms with Crippen molar-refractivity contribution in [1.29, 1.82) is 0 Å². The van der Waals surface area contributed by atoms with Crippen LogP contribution >= 0.6 is 11.8 Å². The molecule has 0 atom stereocenters. The second kappa shape index (κ2) is 6.96. The predicted octanol–water partition coefficient (Wildman–Crippen LogP) is 3.70. The molecule has 20 heavy (non-hydrogen) atoms. The molecule has 104 valence electrons. The van der Waals surface area contributed by atoms with Crippen LogP contribution in [0.25, 0.3) is 0 Å². The van der Waals surface area contributed by atoms with Gasteiger partial charge in [-0.05, 0) is 30.3 Å². The zero-order valence-corrected chi connectivity index (χ0v) is 11.4. The molecule has 0 saturated carbocycles. The van der Waals surface area contributed by atoms with Crippen molar-refractivity contribution in [3.05, 3.63) is 59.9 Å². The van der Waals surface area contributed by atoms with E-state index in [2.05, 4.69) is 0 Å².